The summed E-state index contributed by atoms with van der Waals surface area (Å²) >= 11 is 0. The van der Waals surface area contributed by atoms with Gasteiger partial charge in [-0.2, -0.15) is 0 Å². The van der Waals surface area contributed by atoms with Crippen LogP contribution in [0, 0.1) is 5.92 Å². The van der Waals surface area contributed by atoms with Crippen LogP contribution >= 0.6 is 0 Å². The standard InChI is InChI=1S/C14H19NO.C7H6O2/c1-2-9-14-13(7-1)8-4-10-15(14)16-11-12-5-3-6-12;8-7(9)6-4-2-1-3-5-6/h1-2,7,9,12H,3-6,8,10-11H2;1-5H,(H,8,9). The Morgan fingerprint density at radius 1 is 1.04 bits per heavy atom. The van der Waals surface area contributed by atoms with Crippen molar-refractivity contribution < 1.29 is 14.7 Å². The molecule has 2 aromatic rings. The molecule has 0 atom stereocenters. The summed E-state index contributed by atoms with van der Waals surface area (Å²) < 4.78 is 0. The third-order valence-corrected chi connectivity index (χ3v) is 4.78. The Hall–Kier alpha value is -2.33. The summed E-state index contributed by atoms with van der Waals surface area (Å²) in [6.45, 7) is 1.96. The van der Waals surface area contributed by atoms with Gasteiger partial charge in [0.25, 0.3) is 0 Å². The fraction of sp³-hybridized carbons (Fsp3) is 0.381. The van der Waals surface area contributed by atoms with E-state index in [2.05, 4.69) is 29.3 Å². The molecule has 0 amide bonds. The Balaban J connectivity index is 0.000000173. The maximum atomic E-state index is 10.2. The highest BCUT2D eigenvalue weighted by Gasteiger charge is 2.21. The van der Waals surface area contributed by atoms with Crippen LogP contribution in [-0.2, 0) is 11.3 Å². The smallest absolute Gasteiger partial charge is 0.335 e. The Morgan fingerprint density at radius 2 is 1.76 bits per heavy atom. The molecule has 1 fully saturated rings. The van der Waals surface area contributed by atoms with Crippen LogP contribution in [-0.4, -0.2) is 24.2 Å². The highest BCUT2D eigenvalue weighted by Crippen LogP contribution is 2.30. The second-order valence-corrected chi connectivity index (χ2v) is 6.60. The Labute approximate surface area is 149 Å². The topological polar surface area (TPSA) is 49.8 Å². The van der Waals surface area contributed by atoms with Gasteiger partial charge in [-0.1, -0.05) is 42.8 Å². The van der Waals surface area contributed by atoms with Gasteiger partial charge in [-0.25, -0.2) is 4.79 Å². The fourth-order valence-corrected chi connectivity index (χ4v) is 3.07. The van der Waals surface area contributed by atoms with Crippen LogP contribution in [0.4, 0.5) is 5.69 Å². The number of nitrogens with zero attached hydrogens (tertiary/aromatic N) is 1. The highest BCUT2D eigenvalue weighted by atomic mass is 16.7. The second kappa shape index (κ2) is 8.67. The number of fused-ring (bicyclic) bond motifs is 1. The first-order chi connectivity index (χ1) is 12.2. The molecule has 1 heterocycles. The first-order valence-corrected chi connectivity index (χ1v) is 9.01. The van der Waals surface area contributed by atoms with Crippen LogP contribution in [0.1, 0.15) is 41.6 Å². The number of hydrogen-bond acceptors (Lipinski definition) is 3. The maximum absolute atomic E-state index is 10.2. The molecule has 0 aromatic heterocycles. The largest absolute Gasteiger partial charge is 0.478 e. The maximum Gasteiger partial charge on any atom is 0.335 e. The molecule has 1 saturated carbocycles. The van der Waals surface area contributed by atoms with E-state index < -0.39 is 5.97 Å². The molecule has 0 radical (unpaired) electrons. The summed E-state index contributed by atoms with van der Waals surface area (Å²) in [5.74, 6) is -0.0651. The highest BCUT2D eigenvalue weighted by molar-refractivity contribution is 5.87. The van der Waals surface area contributed by atoms with Gasteiger partial charge in [0.1, 0.15) is 0 Å². The molecule has 0 bridgehead atoms. The summed E-state index contributed by atoms with van der Waals surface area (Å²) in [6.07, 6.45) is 6.51. The molecule has 2 aromatic carbocycles. The van der Waals surface area contributed by atoms with Crippen molar-refractivity contribution in [2.75, 3.05) is 18.2 Å². The molecule has 2 aliphatic rings. The predicted octanol–water partition coefficient (Wildman–Crippen LogP) is 4.56. The van der Waals surface area contributed by atoms with E-state index >= 15 is 0 Å². The van der Waals surface area contributed by atoms with Gasteiger partial charge in [0.05, 0.1) is 17.9 Å². The van der Waals surface area contributed by atoms with Crippen molar-refractivity contribution in [2.45, 2.75) is 32.1 Å². The van der Waals surface area contributed by atoms with Crippen LogP contribution in [0.2, 0.25) is 0 Å². The third-order valence-electron chi connectivity index (χ3n) is 4.78. The van der Waals surface area contributed by atoms with Gasteiger partial charge in [-0.15, -0.1) is 0 Å². The molecular formula is C21H25NO3. The molecule has 0 unspecified atom stereocenters. The van der Waals surface area contributed by atoms with Crippen molar-refractivity contribution in [3.63, 3.8) is 0 Å². The van der Waals surface area contributed by atoms with Gasteiger partial charge in [0, 0.05) is 6.54 Å². The lowest BCUT2D eigenvalue weighted by molar-refractivity contribution is 0.0492. The second-order valence-electron chi connectivity index (χ2n) is 6.60. The van der Waals surface area contributed by atoms with Crippen molar-refractivity contribution in [1.82, 2.24) is 0 Å². The molecule has 132 valence electrons. The van der Waals surface area contributed by atoms with Gasteiger partial charge in [0.15, 0.2) is 0 Å². The number of benzene rings is 2. The average molecular weight is 339 g/mol. The number of carboxylic acid groups (broad SMARTS) is 1. The van der Waals surface area contributed by atoms with Crippen molar-refractivity contribution in [2.24, 2.45) is 5.92 Å². The molecule has 1 aliphatic heterocycles. The van der Waals surface area contributed by atoms with E-state index in [0.29, 0.717) is 5.56 Å². The van der Waals surface area contributed by atoms with E-state index in [1.54, 1.807) is 30.3 Å². The van der Waals surface area contributed by atoms with Gasteiger partial charge >= 0.3 is 5.97 Å². The van der Waals surface area contributed by atoms with Crippen molar-refractivity contribution in [3.05, 3.63) is 65.7 Å². The van der Waals surface area contributed by atoms with E-state index in [-0.39, 0.29) is 0 Å². The van der Waals surface area contributed by atoms with Gasteiger partial charge in [-0.3, -0.25) is 9.90 Å². The molecule has 4 rings (SSSR count). The summed E-state index contributed by atoms with van der Waals surface area (Å²) in [6, 6.07) is 16.9. The number of carbonyl (C=O) groups is 1. The zero-order valence-corrected chi connectivity index (χ0v) is 14.4. The molecule has 0 saturated heterocycles. The number of rotatable bonds is 4. The summed E-state index contributed by atoms with van der Waals surface area (Å²) in [5.41, 5.74) is 3.05. The number of aromatic carboxylic acids is 1. The molecule has 1 aliphatic carbocycles. The van der Waals surface area contributed by atoms with Crippen LogP contribution in [0.3, 0.4) is 0 Å². The number of hydroxylamine groups is 1. The SMILES string of the molecule is O=C(O)c1ccccc1.c1ccc2c(c1)CCCN2OCC1CCC1. The molecule has 1 N–H and O–H groups in total. The fourth-order valence-electron chi connectivity index (χ4n) is 3.07. The molecular weight excluding hydrogens is 314 g/mol. The lowest BCUT2D eigenvalue weighted by Crippen LogP contribution is -2.32. The van der Waals surface area contributed by atoms with E-state index in [1.165, 1.54) is 43.4 Å². The quantitative estimate of drug-likeness (QED) is 0.887. The predicted molar refractivity (Wildman–Crippen MR) is 98.8 cm³/mol. The summed E-state index contributed by atoms with van der Waals surface area (Å²) in [5, 5.41) is 10.5. The van der Waals surface area contributed by atoms with E-state index in [9.17, 15) is 4.79 Å². The van der Waals surface area contributed by atoms with Crippen LogP contribution in [0.5, 0.6) is 0 Å². The van der Waals surface area contributed by atoms with E-state index in [0.717, 1.165) is 19.1 Å². The number of para-hydroxylation sites is 1. The average Bonchev–Trinajstić information content (AvgIpc) is 2.62. The lowest BCUT2D eigenvalue weighted by atomic mass is 9.86. The first-order valence-electron chi connectivity index (χ1n) is 9.01. The van der Waals surface area contributed by atoms with E-state index in [4.69, 9.17) is 9.94 Å². The van der Waals surface area contributed by atoms with Crippen molar-refractivity contribution >= 4 is 11.7 Å². The van der Waals surface area contributed by atoms with Crippen molar-refractivity contribution in [1.29, 1.82) is 0 Å². The Kier molecular flexibility index (Phi) is 6.07. The third kappa shape index (κ3) is 4.83. The normalized spacial score (nSPS) is 16.2. The molecule has 4 heteroatoms. The summed E-state index contributed by atoms with van der Waals surface area (Å²) in [7, 11) is 0. The first kappa shape index (κ1) is 17.5. The summed E-state index contributed by atoms with van der Waals surface area (Å²) in [4.78, 5) is 16.1. The Bertz CT molecular complexity index is 683. The minimum Gasteiger partial charge on any atom is -0.478 e. The molecule has 25 heavy (non-hydrogen) atoms. The van der Waals surface area contributed by atoms with Gasteiger partial charge in [0.2, 0.25) is 0 Å². The molecule has 4 nitrogen and oxygen atoms in total. The lowest BCUT2D eigenvalue weighted by Gasteiger charge is -2.33. The number of carboxylic acids is 1. The van der Waals surface area contributed by atoms with Crippen LogP contribution < -0.4 is 5.06 Å². The zero-order valence-electron chi connectivity index (χ0n) is 14.4. The minimum atomic E-state index is -0.879. The molecule has 0 spiro atoms. The van der Waals surface area contributed by atoms with Crippen LogP contribution in [0.15, 0.2) is 54.6 Å². The number of aryl methyl sites for hydroxylation is 1. The van der Waals surface area contributed by atoms with E-state index in [1.807, 2.05) is 0 Å². The zero-order chi connectivity index (χ0) is 17.5. The minimum absolute atomic E-state index is 0.331. The van der Waals surface area contributed by atoms with Gasteiger partial charge in [-0.05, 0) is 55.4 Å². The van der Waals surface area contributed by atoms with Crippen LogP contribution in [0.25, 0.3) is 0 Å². The number of hydrogen-bond donors (Lipinski definition) is 1. The monoisotopic (exact) mass is 339 g/mol. The Morgan fingerprint density at radius 3 is 2.40 bits per heavy atom. The van der Waals surface area contributed by atoms with Gasteiger partial charge < -0.3 is 5.11 Å². The number of anilines is 1. The van der Waals surface area contributed by atoms with Crippen molar-refractivity contribution in [3.8, 4) is 0 Å².